The van der Waals surface area contributed by atoms with Crippen molar-refractivity contribution < 1.29 is 19.4 Å². The molecule has 0 saturated carbocycles. The minimum Gasteiger partial charge on any atom is -0.497 e. The number of anilines is 1. The van der Waals surface area contributed by atoms with Gasteiger partial charge in [0.1, 0.15) is 5.75 Å². The maximum atomic E-state index is 14.2. The molecule has 1 aromatic heterocycles. The summed E-state index contributed by atoms with van der Waals surface area (Å²) < 4.78 is 15.2. The highest BCUT2D eigenvalue weighted by atomic mass is 79.9. The lowest BCUT2D eigenvalue weighted by molar-refractivity contribution is -0.145. The first kappa shape index (κ1) is 27.8. The molecule has 1 spiro atoms. The highest BCUT2D eigenvalue weighted by Gasteiger charge is 2.65. The fraction of sp³-hybridized carbons (Fsp3) is 0.500. The summed E-state index contributed by atoms with van der Waals surface area (Å²) in [7, 11) is 3.50. The molecule has 2 aliphatic rings. The molecule has 39 heavy (non-hydrogen) atoms. The number of rotatable bonds is 8. The van der Waals surface area contributed by atoms with Crippen molar-refractivity contribution in [3.05, 3.63) is 69.5 Å². The number of benzene rings is 2. The molecule has 1 amide bonds. The van der Waals surface area contributed by atoms with E-state index in [4.69, 9.17) is 9.47 Å². The summed E-state index contributed by atoms with van der Waals surface area (Å²) in [6.07, 6.45) is 2.79. The fourth-order valence-corrected chi connectivity index (χ4v) is 7.69. The predicted octanol–water partition coefficient (Wildman–Crippen LogP) is 4.78. The third kappa shape index (κ3) is 4.48. The van der Waals surface area contributed by atoms with Crippen molar-refractivity contribution in [3.8, 4) is 5.75 Å². The number of carbonyl (C=O) groups is 1. The summed E-state index contributed by atoms with van der Waals surface area (Å²) in [5, 5.41) is 17.7. The molecule has 208 valence electrons. The molecule has 0 aliphatic carbocycles. The first-order valence-electron chi connectivity index (χ1n) is 13.5. The number of methoxy groups -OCH3 is 1. The van der Waals surface area contributed by atoms with E-state index >= 15 is 0 Å². The smallest absolute Gasteiger partial charge is 0.264 e. The van der Waals surface area contributed by atoms with Gasteiger partial charge in [0.15, 0.2) is 5.60 Å². The lowest BCUT2D eigenvalue weighted by Gasteiger charge is -2.38. The van der Waals surface area contributed by atoms with E-state index in [1.165, 1.54) is 5.56 Å². The van der Waals surface area contributed by atoms with Gasteiger partial charge in [0.2, 0.25) is 0 Å². The molecule has 4 atom stereocenters. The largest absolute Gasteiger partial charge is 0.497 e. The highest BCUT2D eigenvalue weighted by Crippen LogP contribution is 2.60. The summed E-state index contributed by atoms with van der Waals surface area (Å²) in [4.78, 5) is 15.9. The van der Waals surface area contributed by atoms with Crippen molar-refractivity contribution in [1.82, 2.24) is 15.0 Å². The van der Waals surface area contributed by atoms with Crippen LogP contribution in [0.5, 0.6) is 5.75 Å². The molecule has 3 heterocycles. The van der Waals surface area contributed by atoms with Crippen molar-refractivity contribution in [1.29, 1.82) is 0 Å². The molecular weight excluding hydrogens is 560 g/mol. The summed E-state index contributed by atoms with van der Waals surface area (Å²) in [6.45, 7) is 9.34. The highest BCUT2D eigenvalue weighted by molar-refractivity contribution is 9.10. The number of hydrogen-bond acceptors (Lipinski definition) is 6. The van der Waals surface area contributed by atoms with E-state index in [-0.39, 0.29) is 35.9 Å². The van der Waals surface area contributed by atoms with Gasteiger partial charge in [-0.25, -0.2) is 0 Å². The third-order valence-corrected chi connectivity index (χ3v) is 9.35. The molecule has 3 aromatic rings. The van der Waals surface area contributed by atoms with Crippen LogP contribution < -0.4 is 9.64 Å². The lowest BCUT2D eigenvalue weighted by atomic mass is 9.63. The van der Waals surface area contributed by atoms with E-state index in [2.05, 4.69) is 65.2 Å². The second kappa shape index (κ2) is 10.3. The van der Waals surface area contributed by atoms with Crippen LogP contribution in [0.1, 0.15) is 49.6 Å². The average Bonchev–Trinajstić information content (AvgIpc) is 3.54. The zero-order chi connectivity index (χ0) is 28.1. The fourth-order valence-electron chi connectivity index (χ4n) is 6.85. The third-order valence-electron chi connectivity index (χ3n) is 8.75. The van der Waals surface area contributed by atoms with Gasteiger partial charge in [0, 0.05) is 54.7 Å². The molecule has 9 heteroatoms. The van der Waals surface area contributed by atoms with E-state index in [1.54, 1.807) is 16.7 Å². The summed E-state index contributed by atoms with van der Waals surface area (Å²) in [5.41, 5.74) is 3.41. The molecule has 1 fully saturated rings. The van der Waals surface area contributed by atoms with Gasteiger partial charge in [-0.05, 0) is 64.0 Å². The molecule has 0 bridgehead atoms. The minimum absolute atomic E-state index is 0.0221. The summed E-state index contributed by atoms with van der Waals surface area (Å²) >= 11 is 3.72. The number of halogens is 1. The van der Waals surface area contributed by atoms with Crippen LogP contribution in [-0.4, -0.2) is 52.9 Å². The second-order valence-corrected chi connectivity index (χ2v) is 12.3. The topological polar surface area (TPSA) is 89.7 Å². The number of aromatic nitrogens is 3. The summed E-state index contributed by atoms with van der Waals surface area (Å²) in [5.74, 6) is 0.699. The van der Waals surface area contributed by atoms with Crippen LogP contribution in [0.25, 0.3) is 0 Å². The van der Waals surface area contributed by atoms with Crippen molar-refractivity contribution in [3.63, 3.8) is 0 Å². The number of carbonyl (C=O) groups excluding carboxylic acids is 1. The standard InChI is InChI=1S/C30H37BrN4O4/c1-18-15-23-27(24(31)16-18)34(5)28(37)30(23)19(2)26(29(3,4)20-7-9-22(38-6)10-8-20)25(39-30)11-13-35-17-21(12-14-36)32-33-35/h7-10,15-17,19,25-26,36H,11-14H2,1-6H3/t19-,25+,26-,30+/m1/s1. The van der Waals surface area contributed by atoms with E-state index in [9.17, 15) is 9.90 Å². The van der Waals surface area contributed by atoms with Crippen LogP contribution in [0.3, 0.4) is 0 Å². The van der Waals surface area contributed by atoms with Crippen molar-refractivity contribution in [2.45, 2.75) is 64.2 Å². The van der Waals surface area contributed by atoms with Gasteiger partial charge in [-0.1, -0.05) is 44.2 Å². The molecule has 0 radical (unpaired) electrons. The Kier molecular flexibility index (Phi) is 7.37. The zero-order valence-electron chi connectivity index (χ0n) is 23.4. The number of hydrogen-bond donors (Lipinski definition) is 1. The Bertz CT molecular complexity index is 1370. The zero-order valence-corrected chi connectivity index (χ0v) is 25.0. The normalized spacial score (nSPS) is 24.6. The SMILES string of the molecule is COc1ccc(C(C)(C)[C@H]2[C@H](CCn3cc(CCO)nn3)O[C@@]3(C(=O)N(C)c4c(Br)cc(C)cc43)[C@@H]2C)cc1. The van der Waals surface area contributed by atoms with E-state index < -0.39 is 5.60 Å². The van der Waals surface area contributed by atoms with E-state index in [1.807, 2.05) is 38.4 Å². The van der Waals surface area contributed by atoms with E-state index in [0.29, 0.717) is 19.4 Å². The Morgan fingerprint density at radius 3 is 2.62 bits per heavy atom. The minimum atomic E-state index is -1.08. The van der Waals surface area contributed by atoms with Crippen LogP contribution in [-0.2, 0) is 33.5 Å². The Labute approximate surface area is 238 Å². The number of nitrogens with zero attached hydrogens (tertiary/aromatic N) is 4. The van der Waals surface area contributed by atoms with Crippen molar-refractivity contribution >= 4 is 27.5 Å². The number of aliphatic hydroxyl groups is 1. The van der Waals surface area contributed by atoms with Gasteiger partial charge in [-0.3, -0.25) is 9.48 Å². The van der Waals surface area contributed by atoms with Gasteiger partial charge in [-0.2, -0.15) is 0 Å². The molecule has 5 rings (SSSR count). The van der Waals surface area contributed by atoms with Gasteiger partial charge >= 0.3 is 0 Å². The van der Waals surface area contributed by atoms with Crippen molar-refractivity contribution in [2.75, 3.05) is 25.7 Å². The Morgan fingerprint density at radius 1 is 1.23 bits per heavy atom. The Hall–Kier alpha value is -2.75. The number of likely N-dealkylation sites (N-methyl/N-ethyl adjacent to an activating group) is 1. The molecule has 1 N–H and O–H groups in total. The monoisotopic (exact) mass is 596 g/mol. The van der Waals surface area contributed by atoms with E-state index in [0.717, 1.165) is 32.7 Å². The van der Waals surface area contributed by atoms with Crippen LogP contribution >= 0.6 is 15.9 Å². The quantitative estimate of drug-likeness (QED) is 0.402. The molecule has 2 aliphatic heterocycles. The van der Waals surface area contributed by atoms with Gasteiger partial charge < -0.3 is 19.5 Å². The number of amides is 1. The molecule has 1 saturated heterocycles. The van der Waals surface area contributed by atoms with Crippen molar-refractivity contribution in [2.24, 2.45) is 11.8 Å². The van der Waals surface area contributed by atoms with Gasteiger partial charge in [0.05, 0.1) is 24.6 Å². The maximum absolute atomic E-state index is 14.2. The van der Waals surface area contributed by atoms with Crippen LogP contribution in [0, 0.1) is 18.8 Å². The number of ether oxygens (including phenoxy) is 2. The number of aryl methyl sites for hydroxylation is 2. The number of aliphatic hydroxyl groups excluding tert-OH is 1. The molecule has 2 aromatic carbocycles. The molecular formula is C30H37BrN4O4. The first-order chi connectivity index (χ1) is 18.5. The van der Waals surface area contributed by atoms with Crippen LogP contribution in [0.4, 0.5) is 5.69 Å². The van der Waals surface area contributed by atoms with Crippen LogP contribution in [0.15, 0.2) is 47.1 Å². The Morgan fingerprint density at radius 2 is 1.95 bits per heavy atom. The van der Waals surface area contributed by atoms with Crippen LogP contribution in [0.2, 0.25) is 0 Å². The van der Waals surface area contributed by atoms with Gasteiger partial charge in [0.25, 0.3) is 5.91 Å². The molecule has 8 nitrogen and oxygen atoms in total. The Balaban J connectivity index is 1.58. The lowest BCUT2D eigenvalue weighted by Crippen LogP contribution is -2.45. The number of fused-ring (bicyclic) bond motifs is 2. The first-order valence-corrected chi connectivity index (χ1v) is 14.2. The molecule has 0 unspecified atom stereocenters. The predicted molar refractivity (Wildman–Crippen MR) is 153 cm³/mol. The summed E-state index contributed by atoms with van der Waals surface area (Å²) in [6, 6.07) is 12.4. The maximum Gasteiger partial charge on any atom is 0.264 e. The second-order valence-electron chi connectivity index (χ2n) is 11.4. The van der Waals surface area contributed by atoms with Gasteiger partial charge in [-0.15, -0.1) is 5.10 Å². The average molecular weight is 598 g/mol.